The van der Waals surface area contributed by atoms with Gasteiger partial charge in [-0.2, -0.15) is 0 Å². The fraction of sp³-hybridized carbons (Fsp3) is 0.111. The number of benzene rings is 2. The van der Waals surface area contributed by atoms with Crippen LogP contribution in [-0.4, -0.2) is 10.2 Å². The maximum atomic E-state index is 13.0. The lowest BCUT2D eigenvalue weighted by atomic mass is 10.1. The zero-order valence-electron chi connectivity index (χ0n) is 12.7. The van der Waals surface area contributed by atoms with E-state index >= 15 is 0 Å². The highest BCUT2D eigenvalue weighted by Gasteiger charge is 2.34. The van der Waals surface area contributed by atoms with Gasteiger partial charge in [0.05, 0.1) is 10.6 Å². The van der Waals surface area contributed by atoms with E-state index in [-0.39, 0.29) is 11.7 Å². The number of thioether (sulfide) groups is 1. The molecule has 116 valence electrons. The average molecular weight is 343 g/mol. The van der Waals surface area contributed by atoms with Crippen LogP contribution in [0.5, 0.6) is 0 Å². The van der Waals surface area contributed by atoms with E-state index in [0.29, 0.717) is 9.23 Å². The summed E-state index contributed by atoms with van der Waals surface area (Å²) >= 11 is 6.65. The minimum Gasteiger partial charge on any atom is -0.268 e. The second-order valence-corrected chi connectivity index (χ2v) is 6.96. The molecule has 0 N–H and O–H groups in total. The van der Waals surface area contributed by atoms with Gasteiger partial charge in [0, 0.05) is 0 Å². The number of nitrogens with zero attached hydrogens (tertiary/aromatic N) is 1. The van der Waals surface area contributed by atoms with Gasteiger partial charge in [-0.1, -0.05) is 48.2 Å². The molecule has 0 radical (unpaired) electrons. The van der Waals surface area contributed by atoms with Crippen molar-refractivity contribution in [2.75, 3.05) is 4.90 Å². The Morgan fingerprint density at radius 3 is 2.52 bits per heavy atom. The maximum Gasteiger partial charge on any atom is 0.270 e. The van der Waals surface area contributed by atoms with Gasteiger partial charge in [0.15, 0.2) is 4.32 Å². The van der Waals surface area contributed by atoms with Crippen LogP contribution in [0.3, 0.4) is 0 Å². The lowest BCUT2D eigenvalue weighted by Crippen LogP contribution is -2.28. The Kier molecular flexibility index (Phi) is 4.33. The molecule has 1 aliphatic heterocycles. The average Bonchev–Trinajstić information content (AvgIpc) is 2.79. The van der Waals surface area contributed by atoms with Crippen LogP contribution < -0.4 is 4.90 Å². The summed E-state index contributed by atoms with van der Waals surface area (Å²) in [6.07, 6.45) is 1.74. The fourth-order valence-electron chi connectivity index (χ4n) is 2.36. The first kappa shape index (κ1) is 15.9. The predicted octanol–water partition coefficient (Wildman–Crippen LogP) is 4.85. The third-order valence-electron chi connectivity index (χ3n) is 3.78. The minimum atomic E-state index is -0.301. The molecule has 2 aromatic carbocycles. The van der Waals surface area contributed by atoms with Crippen LogP contribution in [0.1, 0.15) is 16.7 Å². The van der Waals surface area contributed by atoms with E-state index in [1.54, 1.807) is 23.1 Å². The molecular weight excluding hydrogens is 329 g/mol. The van der Waals surface area contributed by atoms with E-state index < -0.39 is 0 Å². The summed E-state index contributed by atoms with van der Waals surface area (Å²) in [5.74, 6) is -0.442. The van der Waals surface area contributed by atoms with Crippen LogP contribution in [0, 0.1) is 19.7 Å². The number of thiocarbonyl (C=S) groups is 1. The second kappa shape index (κ2) is 6.26. The first-order chi connectivity index (χ1) is 11.0. The number of halogens is 1. The standard InChI is InChI=1S/C18H14FNOS2/c1-11-4-3-5-15(12(11)2)20-17(21)16(23-18(20)22)10-13-6-8-14(19)9-7-13/h3-10H,1-2H3/b16-10-. The molecule has 2 nitrogen and oxygen atoms in total. The van der Waals surface area contributed by atoms with Crippen molar-refractivity contribution >= 4 is 46.0 Å². The third-order valence-corrected chi connectivity index (χ3v) is 5.08. The number of rotatable bonds is 2. The normalized spacial score (nSPS) is 16.5. The van der Waals surface area contributed by atoms with E-state index in [2.05, 4.69) is 0 Å². The van der Waals surface area contributed by atoms with Crippen LogP contribution in [-0.2, 0) is 4.79 Å². The Labute approximate surface area is 144 Å². The Hall–Kier alpha value is -1.98. The molecule has 1 saturated heterocycles. The highest BCUT2D eigenvalue weighted by atomic mass is 32.2. The van der Waals surface area contributed by atoms with Crippen molar-refractivity contribution in [1.82, 2.24) is 0 Å². The highest BCUT2D eigenvalue weighted by Crippen LogP contribution is 2.37. The van der Waals surface area contributed by atoms with E-state index in [9.17, 15) is 9.18 Å². The molecule has 1 amide bonds. The number of hydrogen-bond acceptors (Lipinski definition) is 3. The van der Waals surface area contributed by atoms with Crippen LogP contribution >= 0.6 is 24.0 Å². The lowest BCUT2D eigenvalue weighted by Gasteiger charge is -2.18. The van der Waals surface area contributed by atoms with Gasteiger partial charge in [-0.3, -0.25) is 9.69 Å². The zero-order chi connectivity index (χ0) is 16.6. The molecule has 0 atom stereocenters. The van der Waals surface area contributed by atoms with E-state index in [4.69, 9.17) is 12.2 Å². The van der Waals surface area contributed by atoms with Crippen molar-refractivity contribution in [2.24, 2.45) is 0 Å². The van der Waals surface area contributed by atoms with Crippen molar-refractivity contribution in [3.05, 3.63) is 69.9 Å². The van der Waals surface area contributed by atoms with E-state index in [1.807, 2.05) is 32.0 Å². The summed E-state index contributed by atoms with van der Waals surface area (Å²) in [6, 6.07) is 11.8. The number of carbonyl (C=O) groups excluding carboxylic acids is 1. The number of aryl methyl sites for hydroxylation is 1. The largest absolute Gasteiger partial charge is 0.270 e. The third kappa shape index (κ3) is 3.07. The van der Waals surface area contributed by atoms with Gasteiger partial charge in [0.1, 0.15) is 5.82 Å². The van der Waals surface area contributed by atoms with Gasteiger partial charge in [-0.25, -0.2) is 4.39 Å². The summed E-state index contributed by atoms with van der Waals surface area (Å²) in [5, 5.41) is 0. The van der Waals surface area contributed by atoms with Gasteiger partial charge in [0.25, 0.3) is 5.91 Å². The SMILES string of the molecule is Cc1cccc(N2C(=O)/C(=C/c3ccc(F)cc3)SC2=S)c1C. The Morgan fingerprint density at radius 1 is 1.13 bits per heavy atom. The first-order valence-corrected chi connectivity index (χ1v) is 8.29. The van der Waals surface area contributed by atoms with Crippen LogP contribution in [0.25, 0.3) is 6.08 Å². The molecule has 2 aromatic rings. The van der Waals surface area contributed by atoms with Crippen LogP contribution in [0.2, 0.25) is 0 Å². The molecule has 0 bridgehead atoms. The summed E-state index contributed by atoms with van der Waals surface area (Å²) < 4.78 is 13.5. The molecule has 0 spiro atoms. The molecule has 0 unspecified atom stereocenters. The fourth-order valence-corrected chi connectivity index (χ4v) is 3.65. The lowest BCUT2D eigenvalue weighted by molar-refractivity contribution is -0.113. The number of carbonyl (C=O) groups is 1. The van der Waals surface area contributed by atoms with Gasteiger partial charge < -0.3 is 0 Å². The molecule has 23 heavy (non-hydrogen) atoms. The number of anilines is 1. The van der Waals surface area contributed by atoms with Crippen molar-refractivity contribution in [3.63, 3.8) is 0 Å². The van der Waals surface area contributed by atoms with Gasteiger partial charge in [-0.15, -0.1) is 0 Å². The molecule has 3 rings (SSSR count). The molecule has 0 aromatic heterocycles. The van der Waals surface area contributed by atoms with Crippen molar-refractivity contribution in [1.29, 1.82) is 0 Å². The quantitative estimate of drug-likeness (QED) is 0.574. The summed E-state index contributed by atoms with van der Waals surface area (Å²) in [4.78, 5) is 14.8. The summed E-state index contributed by atoms with van der Waals surface area (Å²) in [7, 11) is 0. The number of amides is 1. The molecule has 0 aliphatic carbocycles. The number of hydrogen-bond donors (Lipinski definition) is 0. The monoisotopic (exact) mass is 343 g/mol. The Bertz CT molecular complexity index is 827. The second-order valence-electron chi connectivity index (χ2n) is 5.29. The predicted molar refractivity (Wildman–Crippen MR) is 98.0 cm³/mol. The van der Waals surface area contributed by atoms with Crippen molar-refractivity contribution in [2.45, 2.75) is 13.8 Å². The van der Waals surface area contributed by atoms with E-state index in [1.165, 1.54) is 23.9 Å². The summed E-state index contributed by atoms with van der Waals surface area (Å²) in [6.45, 7) is 3.98. The highest BCUT2D eigenvalue weighted by molar-refractivity contribution is 8.27. The molecular formula is C18H14FNOS2. The van der Waals surface area contributed by atoms with Crippen LogP contribution in [0.4, 0.5) is 10.1 Å². The zero-order valence-corrected chi connectivity index (χ0v) is 14.3. The Balaban J connectivity index is 1.97. The van der Waals surface area contributed by atoms with Crippen molar-refractivity contribution in [3.8, 4) is 0 Å². The van der Waals surface area contributed by atoms with Gasteiger partial charge in [-0.05, 0) is 54.8 Å². The molecule has 1 heterocycles. The van der Waals surface area contributed by atoms with Gasteiger partial charge in [0.2, 0.25) is 0 Å². The molecule has 0 saturated carbocycles. The first-order valence-electron chi connectivity index (χ1n) is 7.07. The van der Waals surface area contributed by atoms with E-state index in [0.717, 1.165) is 22.4 Å². The smallest absolute Gasteiger partial charge is 0.268 e. The topological polar surface area (TPSA) is 20.3 Å². The molecule has 5 heteroatoms. The Morgan fingerprint density at radius 2 is 1.83 bits per heavy atom. The maximum absolute atomic E-state index is 13.0. The molecule has 1 fully saturated rings. The van der Waals surface area contributed by atoms with Crippen molar-refractivity contribution < 1.29 is 9.18 Å². The van der Waals surface area contributed by atoms with Crippen LogP contribution in [0.15, 0.2) is 47.4 Å². The molecule has 1 aliphatic rings. The minimum absolute atomic E-state index is 0.141. The van der Waals surface area contributed by atoms with Gasteiger partial charge >= 0.3 is 0 Å². The summed E-state index contributed by atoms with van der Waals surface area (Å²) in [5.41, 5.74) is 3.73.